The van der Waals surface area contributed by atoms with Crippen molar-refractivity contribution in [1.29, 1.82) is 0 Å². The largest absolute Gasteiger partial charge is 0.468 e. The van der Waals surface area contributed by atoms with E-state index in [0.29, 0.717) is 18.4 Å². The van der Waals surface area contributed by atoms with Gasteiger partial charge in [-0.25, -0.2) is 0 Å². The minimum atomic E-state index is -1.36. The first-order chi connectivity index (χ1) is 11.2. The fourth-order valence-electron chi connectivity index (χ4n) is 4.21. The van der Waals surface area contributed by atoms with Gasteiger partial charge < -0.3 is 4.74 Å². The number of aryl methyl sites for hydroxylation is 3. The molecule has 1 aliphatic rings. The molecule has 4 nitrogen and oxygen atoms in total. The summed E-state index contributed by atoms with van der Waals surface area (Å²) in [6.07, 6.45) is 2.80. The third-order valence-electron chi connectivity index (χ3n) is 5.49. The van der Waals surface area contributed by atoms with Gasteiger partial charge in [-0.05, 0) is 51.7 Å². The normalized spacial score (nSPS) is 19.0. The molecule has 130 valence electrons. The zero-order valence-electron chi connectivity index (χ0n) is 15.1. The zero-order valence-corrected chi connectivity index (χ0v) is 16.0. The number of rotatable bonds is 5. The average Bonchev–Trinajstić information content (AvgIpc) is 3.03. The second-order valence-corrected chi connectivity index (χ2v) is 8.12. The van der Waals surface area contributed by atoms with E-state index in [9.17, 15) is 14.2 Å². The molecular weight excluding hydrogens is 323 g/mol. The van der Waals surface area contributed by atoms with E-state index in [-0.39, 0.29) is 14.2 Å². The third kappa shape index (κ3) is 2.71. The number of hydrogen-bond donors (Lipinski definition) is 0. The number of esters is 1. The molecule has 1 saturated carbocycles. The quantitative estimate of drug-likeness (QED) is 0.444. The van der Waals surface area contributed by atoms with Gasteiger partial charge in [0.15, 0.2) is 19.4 Å². The van der Waals surface area contributed by atoms with Gasteiger partial charge in [-0.2, -0.15) is 0 Å². The predicted molar refractivity (Wildman–Crippen MR) is 93.9 cm³/mol. The Morgan fingerprint density at radius 2 is 1.62 bits per heavy atom. The van der Waals surface area contributed by atoms with Crippen LogP contribution in [0.2, 0.25) is 0 Å². The summed E-state index contributed by atoms with van der Waals surface area (Å²) in [7, 11) is 0.915. The van der Waals surface area contributed by atoms with Crippen LogP contribution < -0.4 is 0 Å². The van der Waals surface area contributed by atoms with E-state index in [2.05, 4.69) is 0 Å². The van der Waals surface area contributed by atoms with E-state index in [0.717, 1.165) is 29.5 Å². The van der Waals surface area contributed by atoms with Crippen LogP contribution in [0.1, 0.15) is 59.7 Å². The van der Waals surface area contributed by atoms with Gasteiger partial charge in [-0.3, -0.25) is 14.2 Å². The molecule has 1 aromatic carbocycles. The molecule has 0 bridgehead atoms. The van der Waals surface area contributed by atoms with Crippen LogP contribution in [0.15, 0.2) is 12.1 Å². The third-order valence-corrected chi connectivity index (χ3v) is 6.47. The highest BCUT2D eigenvalue weighted by atomic mass is 31.1. The highest BCUT2D eigenvalue weighted by Crippen LogP contribution is 2.55. The molecule has 0 spiro atoms. The number of methoxy groups -OCH3 is 1. The number of carbonyl (C=O) groups excluding carboxylic acids is 2. The molecule has 1 fully saturated rings. The molecule has 0 saturated heterocycles. The monoisotopic (exact) mass is 348 g/mol. The fourth-order valence-corrected chi connectivity index (χ4v) is 4.88. The Labute approximate surface area is 145 Å². The first-order valence-electron chi connectivity index (χ1n) is 8.29. The first-order valence-corrected chi connectivity index (χ1v) is 9.10. The van der Waals surface area contributed by atoms with Crippen molar-refractivity contribution in [2.45, 2.75) is 58.5 Å². The standard InChI is InChI=1S/C19H25O4P/c1-12-10-13(2)15(14(3)11-12)16(20)19(8-6-7-9-19)18(4,24-22)17(21)23-5/h10-11H,6-9H2,1-5H3. The number of Topliss-reactive ketones (excluding diaryl/α,β-unsaturated/α-hetero) is 1. The minimum Gasteiger partial charge on any atom is -0.468 e. The van der Waals surface area contributed by atoms with E-state index in [1.165, 1.54) is 7.11 Å². The highest BCUT2D eigenvalue weighted by molar-refractivity contribution is 7.28. The first kappa shape index (κ1) is 18.8. The lowest BCUT2D eigenvalue weighted by atomic mass is 9.67. The number of benzene rings is 1. The lowest BCUT2D eigenvalue weighted by Crippen LogP contribution is -2.52. The van der Waals surface area contributed by atoms with E-state index < -0.39 is 16.5 Å². The molecular formula is C19H25O4P. The SMILES string of the molecule is COC(=O)C(C)(P=O)C1(C(=O)c2c(C)cc(C)cc2C)CCCC1. The van der Waals surface area contributed by atoms with Crippen molar-refractivity contribution in [3.63, 3.8) is 0 Å². The second kappa shape index (κ2) is 6.76. The van der Waals surface area contributed by atoms with Crippen LogP contribution >= 0.6 is 8.46 Å². The van der Waals surface area contributed by atoms with Gasteiger partial charge >= 0.3 is 5.97 Å². The summed E-state index contributed by atoms with van der Waals surface area (Å²) < 4.78 is 16.9. The van der Waals surface area contributed by atoms with Crippen molar-refractivity contribution in [2.75, 3.05) is 7.11 Å². The van der Waals surface area contributed by atoms with Crippen molar-refractivity contribution in [3.8, 4) is 0 Å². The van der Waals surface area contributed by atoms with Gasteiger partial charge in [0.05, 0.1) is 12.5 Å². The Balaban J connectivity index is 2.66. The Hall–Kier alpha value is -1.54. The zero-order chi connectivity index (χ0) is 18.1. The van der Waals surface area contributed by atoms with E-state index in [4.69, 9.17) is 4.74 Å². The number of ketones is 1. The van der Waals surface area contributed by atoms with Gasteiger partial charge in [0.2, 0.25) is 0 Å². The maximum absolute atomic E-state index is 13.6. The number of hydrogen-bond acceptors (Lipinski definition) is 4. The summed E-state index contributed by atoms with van der Waals surface area (Å²) in [6, 6.07) is 3.96. The Kier molecular flexibility index (Phi) is 5.29. The molecule has 0 amide bonds. The predicted octanol–water partition coefficient (Wildman–Crippen LogP) is 4.58. The summed E-state index contributed by atoms with van der Waals surface area (Å²) in [5.41, 5.74) is 2.58. The van der Waals surface area contributed by atoms with Crippen molar-refractivity contribution in [3.05, 3.63) is 34.4 Å². The molecule has 0 heterocycles. The Bertz CT molecular complexity index is 666. The number of ether oxygens (including phenoxy) is 1. The van der Waals surface area contributed by atoms with Crippen LogP contribution in [0.5, 0.6) is 0 Å². The van der Waals surface area contributed by atoms with Gasteiger partial charge in [-0.1, -0.05) is 30.5 Å². The van der Waals surface area contributed by atoms with Crippen molar-refractivity contribution >= 4 is 20.2 Å². The van der Waals surface area contributed by atoms with Crippen molar-refractivity contribution in [1.82, 2.24) is 0 Å². The molecule has 1 aromatic rings. The minimum absolute atomic E-state index is 0.0775. The smallest absolute Gasteiger partial charge is 0.324 e. The van der Waals surface area contributed by atoms with Gasteiger partial charge in [0.1, 0.15) is 0 Å². The fraction of sp³-hybridized carbons (Fsp3) is 0.579. The molecule has 0 aromatic heterocycles. The van der Waals surface area contributed by atoms with Crippen LogP contribution in [0.3, 0.4) is 0 Å². The Morgan fingerprint density at radius 1 is 1.12 bits per heavy atom. The van der Waals surface area contributed by atoms with Gasteiger partial charge in [0.25, 0.3) is 0 Å². The maximum atomic E-state index is 13.6. The molecule has 0 N–H and O–H groups in total. The number of carbonyl (C=O) groups is 2. The van der Waals surface area contributed by atoms with Crippen molar-refractivity contribution < 1.29 is 18.9 Å². The lowest BCUT2D eigenvalue weighted by molar-refractivity contribution is -0.146. The summed E-state index contributed by atoms with van der Waals surface area (Å²) >= 11 is 0. The van der Waals surface area contributed by atoms with E-state index >= 15 is 0 Å². The van der Waals surface area contributed by atoms with Crippen LogP contribution in [-0.4, -0.2) is 24.0 Å². The summed E-state index contributed by atoms with van der Waals surface area (Å²) in [5.74, 6) is -0.664. The molecule has 5 heteroatoms. The van der Waals surface area contributed by atoms with Gasteiger partial charge in [0, 0.05) is 5.56 Å². The average molecular weight is 348 g/mol. The van der Waals surface area contributed by atoms with Crippen LogP contribution in [0.25, 0.3) is 0 Å². The maximum Gasteiger partial charge on any atom is 0.324 e. The lowest BCUT2D eigenvalue weighted by Gasteiger charge is -2.39. The van der Waals surface area contributed by atoms with Crippen molar-refractivity contribution in [2.24, 2.45) is 5.41 Å². The summed E-state index contributed by atoms with van der Waals surface area (Å²) in [5, 5.41) is -1.36. The second-order valence-electron chi connectivity index (χ2n) is 7.05. The van der Waals surface area contributed by atoms with Crippen LogP contribution in [0, 0.1) is 26.2 Å². The molecule has 0 aliphatic heterocycles. The molecule has 0 radical (unpaired) electrons. The molecule has 24 heavy (non-hydrogen) atoms. The molecule has 1 aliphatic carbocycles. The summed E-state index contributed by atoms with van der Waals surface area (Å²) in [4.78, 5) is 26.0. The Morgan fingerprint density at radius 3 is 2.04 bits per heavy atom. The molecule has 1 atom stereocenters. The van der Waals surface area contributed by atoms with Crippen LogP contribution in [-0.2, 0) is 14.1 Å². The van der Waals surface area contributed by atoms with Crippen LogP contribution in [0.4, 0.5) is 0 Å². The van der Waals surface area contributed by atoms with E-state index in [1.807, 2.05) is 32.9 Å². The van der Waals surface area contributed by atoms with Gasteiger partial charge in [-0.15, -0.1) is 0 Å². The van der Waals surface area contributed by atoms with E-state index in [1.54, 1.807) is 6.92 Å². The molecule has 1 unspecified atom stereocenters. The molecule has 2 rings (SSSR count). The topological polar surface area (TPSA) is 60.4 Å². The highest BCUT2D eigenvalue weighted by Gasteiger charge is 2.61. The summed E-state index contributed by atoms with van der Waals surface area (Å²) in [6.45, 7) is 7.42.